The van der Waals surface area contributed by atoms with Gasteiger partial charge in [-0.25, -0.2) is 4.99 Å². The van der Waals surface area contributed by atoms with E-state index in [9.17, 15) is 0 Å². The van der Waals surface area contributed by atoms with Crippen LogP contribution in [0, 0.1) is 0 Å². The maximum Gasteiger partial charge on any atom is 0.185 e. The first-order valence-electron chi connectivity index (χ1n) is 3.01. The maximum absolute atomic E-state index is 5.34. The standard InChI is InChI=1S/C7H11NO/c1-6-8-5-4-7(2,3)9-6/h4-5H,1-3H3. The van der Waals surface area contributed by atoms with Gasteiger partial charge in [-0.15, -0.1) is 0 Å². The van der Waals surface area contributed by atoms with Crippen LogP contribution in [0.1, 0.15) is 20.8 Å². The number of rotatable bonds is 0. The highest BCUT2D eigenvalue weighted by Crippen LogP contribution is 2.14. The van der Waals surface area contributed by atoms with Gasteiger partial charge in [-0.3, -0.25) is 0 Å². The molecular weight excluding hydrogens is 114 g/mol. The number of hydrogen-bond donors (Lipinski definition) is 0. The van der Waals surface area contributed by atoms with Crippen LogP contribution < -0.4 is 0 Å². The summed E-state index contributed by atoms with van der Waals surface area (Å²) in [5.74, 6) is 0.738. The predicted molar refractivity (Wildman–Crippen MR) is 37.4 cm³/mol. The van der Waals surface area contributed by atoms with Crippen LogP contribution in [0.25, 0.3) is 0 Å². The van der Waals surface area contributed by atoms with Crippen LogP contribution in [0.2, 0.25) is 0 Å². The van der Waals surface area contributed by atoms with Gasteiger partial charge >= 0.3 is 0 Å². The molecule has 0 fully saturated rings. The lowest BCUT2D eigenvalue weighted by Gasteiger charge is -2.24. The monoisotopic (exact) mass is 125 g/mol. The number of ether oxygens (including phenoxy) is 1. The Bertz CT molecular complexity index is 168. The van der Waals surface area contributed by atoms with E-state index >= 15 is 0 Å². The number of hydrogen-bond acceptors (Lipinski definition) is 2. The summed E-state index contributed by atoms with van der Waals surface area (Å²) < 4.78 is 5.34. The van der Waals surface area contributed by atoms with E-state index in [0.717, 1.165) is 5.90 Å². The highest BCUT2D eigenvalue weighted by atomic mass is 16.5. The van der Waals surface area contributed by atoms with Crippen LogP contribution in [-0.2, 0) is 4.74 Å². The second-order valence-electron chi connectivity index (χ2n) is 2.67. The molecule has 0 aliphatic carbocycles. The summed E-state index contributed by atoms with van der Waals surface area (Å²) in [6, 6.07) is 0. The molecule has 9 heavy (non-hydrogen) atoms. The van der Waals surface area contributed by atoms with Crippen LogP contribution in [0.4, 0.5) is 0 Å². The molecule has 1 heterocycles. The van der Waals surface area contributed by atoms with Crippen molar-refractivity contribution in [2.45, 2.75) is 26.4 Å². The van der Waals surface area contributed by atoms with Crippen molar-refractivity contribution in [3.05, 3.63) is 12.3 Å². The SMILES string of the molecule is CC1=NC=CC(C)(C)O1. The topological polar surface area (TPSA) is 21.6 Å². The van der Waals surface area contributed by atoms with Gasteiger partial charge in [0.1, 0.15) is 5.60 Å². The Kier molecular flexibility index (Phi) is 1.31. The number of nitrogens with zero attached hydrogens (tertiary/aromatic N) is 1. The van der Waals surface area contributed by atoms with Gasteiger partial charge in [-0.2, -0.15) is 0 Å². The van der Waals surface area contributed by atoms with Gasteiger partial charge in [0, 0.05) is 13.1 Å². The third-order valence-electron chi connectivity index (χ3n) is 1.14. The predicted octanol–water partition coefficient (Wildman–Crippen LogP) is 1.73. The van der Waals surface area contributed by atoms with Gasteiger partial charge in [0.25, 0.3) is 0 Å². The minimum atomic E-state index is -0.161. The van der Waals surface area contributed by atoms with Crippen molar-refractivity contribution in [1.29, 1.82) is 0 Å². The molecule has 0 spiro atoms. The fraction of sp³-hybridized carbons (Fsp3) is 0.571. The van der Waals surface area contributed by atoms with Gasteiger partial charge in [-0.1, -0.05) is 0 Å². The summed E-state index contributed by atoms with van der Waals surface area (Å²) in [4.78, 5) is 3.94. The van der Waals surface area contributed by atoms with Gasteiger partial charge in [-0.05, 0) is 19.9 Å². The molecule has 1 rings (SSSR count). The van der Waals surface area contributed by atoms with E-state index in [1.807, 2.05) is 26.8 Å². The molecular formula is C7H11NO. The summed E-state index contributed by atoms with van der Waals surface area (Å²) in [6.07, 6.45) is 3.71. The minimum Gasteiger partial charge on any atom is -0.471 e. The molecule has 0 aromatic rings. The molecule has 0 amide bonds. The Morgan fingerprint density at radius 3 is 2.56 bits per heavy atom. The van der Waals surface area contributed by atoms with E-state index in [2.05, 4.69) is 4.99 Å². The molecule has 2 nitrogen and oxygen atoms in total. The summed E-state index contributed by atoms with van der Waals surface area (Å²) in [6.45, 7) is 5.86. The minimum absolute atomic E-state index is 0.161. The highest BCUT2D eigenvalue weighted by Gasteiger charge is 2.17. The molecule has 0 N–H and O–H groups in total. The molecule has 0 atom stereocenters. The van der Waals surface area contributed by atoms with Crippen molar-refractivity contribution in [2.24, 2.45) is 4.99 Å². The largest absolute Gasteiger partial charge is 0.471 e. The second-order valence-corrected chi connectivity index (χ2v) is 2.67. The third-order valence-corrected chi connectivity index (χ3v) is 1.14. The van der Waals surface area contributed by atoms with Crippen LogP contribution in [-0.4, -0.2) is 11.5 Å². The zero-order valence-electron chi connectivity index (χ0n) is 6.01. The summed E-state index contributed by atoms with van der Waals surface area (Å²) in [7, 11) is 0. The van der Waals surface area contributed by atoms with Crippen molar-refractivity contribution in [3.63, 3.8) is 0 Å². The van der Waals surface area contributed by atoms with Gasteiger partial charge < -0.3 is 4.74 Å². The molecule has 2 heteroatoms. The fourth-order valence-corrected chi connectivity index (χ4v) is 0.763. The van der Waals surface area contributed by atoms with Crippen LogP contribution >= 0.6 is 0 Å². The maximum atomic E-state index is 5.34. The Balaban J connectivity index is 2.73. The first kappa shape index (κ1) is 6.33. The Labute approximate surface area is 55.2 Å². The van der Waals surface area contributed by atoms with Crippen molar-refractivity contribution < 1.29 is 4.74 Å². The molecule has 0 aromatic heterocycles. The molecule has 0 aromatic carbocycles. The van der Waals surface area contributed by atoms with E-state index in [-0.39, 0.29) is 5.60 Å². The fourth-order valence-electron chi connectivity index (χ4n) is 0.763. The van der Waals surface area contributed by atoms with Gasteiger partial charge in [0.15, 0.2) is 5.90 Å². The molecule has 50 valence electrons. The van der Waals surface area contributed by atoms with Crippen LogP contribution in [0.5, 0.6) is 0 Å². The molecule has 1 aliphatic heterocycles. The third kappa shape index (κ3) is 1.56. The van der Waals surface area contributed by atoms with E-state index in [1.165, 1.54) is 0 Å². The van der Waals surface area contributed by atoms with Gasteiger partial charge in [0.05, 0.1) is 0 Å². The lowest BCUT2D eigenvalue weighted by Crippen LogP contribution is -2.25. The van der Waals surface area contributed by atoms with Crippen molar-refractivity contribution in [3.8, 4) is 0 Å². The van der Waals surface area contributed by atoms with E-state index in [0.29, 0.717) is 0 Å². The quantitative estimate of drug-likeness (QED) is 0.483. The summed E-state index contributed by atoms with van der Waals surface area (Å²) >= 11 is 0. The van der Waals surface area contributed by atoms with Crippen molar-refractivity contribution in [1.82, 2.24) is 0 Å². The smallest absolute Gasteiger partial charge is 0.185 e. The normalized spacial score (nSPS) is 22.8. The first-order valence-corrected chi connectivity index (χ1v) is 3.01. The Morgan fingerprint density at radius 1 is 1.56 bits per heavy atom. The first-order chi connectivity index (χ1) is 4.10. The molecule has 0 bridgehead atoms. The summed E-state index contributed by atoms with van der Waals surface area (Å²) in [5, 5.41) is 0. The Morgan fingerprint density at radius 2 is 2.22 bits per heavy atom. The van der Waals surface area contributed by atoms with Crippen molar-refractivity contribution in [2.75, 3.05) is 0 Å². The molecule has 1 aliphatic rings. The van der Waals surface area contributed by atoms with Crippen LogP contribution in [0.3, 0.4) is 0 Å². The van der Waals surface area contributed by atoms with E-state index in [1.54, 1.807) is 6.20 Å². The average Bonchev–Trinajstić information content (AvgIpc) is 1.60. The zero-order valence-corrected chi connectivity index (χ0v) is 6.01. The number of aliphatic imine (C=N–C) groups is 1. The van der Waals surface area contributed by atoms with E-state index < -0.39 is 0 Å². The average molecular weight is 125 g/mol. The zero-order chi connectivity index (χ0) is 6.91. The lowest BCUT2D eigenvalue weighted by molar-refractivity contribution is 0.142. The molecule has 0 radical (unpaired) electrons. The van der Waals surface area contributed by atoms with Crippen LogP contribution in [0.15, 0.2) is 17.3 Å². The molecule has 0 saturated carbocycles. The lowest BCUT2D eigenvalue weighted by atomic mass is 10.1. The molecule has 0 unspecified atom stereocenters. The van der Waals surface area contributed by atoms with Crippen molar-refractivity contribution >= 4 is 5.90 Å². The van der Waals surface area contributed by atoms with E-state index in [4.69, 9.17) is 4.74 Å². The highest BCUT2D eigenvalue weighted by molar-refractivity contribution is 5.75. The molecule has 0 saturated heterocycles. The summed E-state index contributed by atoms with van der Waals surface area (Å²) in [5.41, 5.74) is -0.161. The second kappa shape index (κ2) is 1.87. The van der Waals surface area contributed by atoms with Gasteiger partial charge in [0.2, 0.25) is 0 Å². The Hall–Kier alpha value is -0.790.